The zero-order valence-corrected chi connectivity index (χ0v) is 15.9. The van der Waals surface area contributed by atoms with E-state index in [2.05, 4.69) is 0 Å². The zero-order chi connectivity index (χ0) is 18.8. The van der Waals surface area contributed by atoms with Crippen molar-refractivity contribution < 1.29 is 23.9 Å². The first-order valence-corrected chi connectivity index (χ1v) is 8.80. The average Bonchev–Trinajstić information content (AvgIpc) is 3.10. The predicted octanol–water partition coefficient (Wildman–Crippen LogP) is 0.812. The maximum atomic E-state index is 13.6. The summed E-state index contributed by atoms with van der Waals surface area (Å²) >= 11 is 0. The van der Waals surface area contributed by atoms with Gasteiger partial charge in [0.1, 0.15) is 11.6 Å². The zero-order valence-electron chi connectivity index (χ0n) is 15.9. The second kappa shape index (κ2) is 5.43. The highest BCUT2D eigenvalue weighted by Gasteiger charge is 2.77. The number of likely N-dealkylation sites (tertiary alicyclic amines) is 1. The molecule has 3 fully saturated rings. The second-order valence-electron chi connectivity index (χ2n) is 8.50. The molecule has 2 bridgehead atoms. The minimum absolute atomic E-state index is 0.0535. The van der Waals surface area contributed by atoms with Crippen LogP contribution in [0.1, 0.15) is 40.0 Å². The Balaban J connectivity index is 1.99. The first-order valence-electron chi connectivity index (χ1n) is 8.80. The molecule has 0 radical (unpaired) electrons. The number of hydrogen-bond donors (Lipinski definition) is 0. The quantitative estimate of drug-likeness (QED) is 0.553. The van der Waals surface area contributed by atoms with E-state index in [4.69, 9.17) is 9.47 Å². The Morgan fingerprint density at radius 2 is 1.88 bits per heavy atom. The van der Waals surface area contributed by atoms with Gasteiger partial charge < -0.3 is 19.3 Å². The molecule has 0 aromatic heterocycles. The van der Waals surface area contributed by atoms with Crippen molar-refractivity contribution in [1.82, 2.24) is 9.80 Å². The molecule has 4 atom stereocenters. The van der Waals surface area contributed by atoms with E-state index in [0.717, 1.165) is 0 Å². The summed E-state index contributed by atoms with van der Waals surface area (Å²) in [7, 11) is 5.17. The third-order valence-electron chi connectivity index (χ3n) is 7.14. The molecule has 0 aromatic carbocycles. The minimum Gasteiger partial charge on any atom is -0.467 e. The third kappa shape index (κ3) is 2.11. The molecule has 0 aromatic rings. The summed E-state index contributed by atoms with van der Waals surface area (Å²) in [6, 6.07) is -0.604. The molecule has 7 nitrogen and oxygen atoms in total. The number of carbonyl (C=O) groups is 3. The van der Waals surface area contributed by atoms with E-state index in [1.807, 2.05) is 39.8 Å². The van der Waals surface area contributed by atoms with Crippen molar-refractivity contribution in [3.05, 3.63) is 0 Å². The molecule has 1 aliphatic carbocycles. The van der Waals surface area contributed by atoms with Gasteiger partial charge in [0, 0.05) is 18.0 Å². The second-order valence-corrected chi connectivity index (χ2v) is 8.50. The van der Waals surface area contributed by atoms with E-state index in [0.29, 0.717) is 25.8 Å². The Hall–Kier alpha value is -1.63. The van der Waals surface area contributed by atoms with Crippen molar-refractivity contribution in [2.45, 2.75) is 57.7 Å². The van der Waals surface area contributed by atoms with Gasteiger partial charge in [0.15, 0.2) is 5.41 Å². The maximum Gasteiger partial charge on any atom is 0.328 e. The van der Waals surface area contributed by atoms with Crippen molar-refractivity contribution in [2.75, 3.05) is 27.7 Å². The molecule has 3 rings (SSSR count). The Kier molecular flexibility index (Phi) is 3.95. The lowest BCUT2D eigenvalue weighted by Gasteiger charge is -2.38. The number of amides is 1. The van der Waals surface area contributed by atoms with Gasteiger partial charge in [-0.2, -0.15) is 0 Å². The molecule has 0 unspecified atom stereocenters. The van der Waals surface area contributed by atoms with Crippen LogP contribution in [0.25, 0.3) is 0 Å². The summed E-state index contributed by atoms with van der Waals surface area (Å²) in [5.41, 5.74) is -2.47. The van der Waals surface area contributed by atoms with E-state index in [1.165, 1.54) is 7.11 Å². The molecule has 25 heavy (non-hydrogen) atoms. The van der Waals surface area contributed by atoms with Crippen LogP contribution in [-0.4, -0.2) is 73.1 Å². The predicted molar refractivity (Wildman–Crippen MR) is 89.6 cm³/mol. The van der Waals surface area contributed by atoms with Crippen LogP contribution in [0.5, 0.6) is 0 Å². The fraction of sp³-hybridized carbons (Fsp3) is 0.833. The van der Waals surface area contributed by atoms with Crippen LogP contribution in [0.2, 0.25) is 0 Å². The molecule has 2 aliphatic heterocycles. The molecule has 1 saturated carbocycles. The SMILES string of the molecule is COC(=O)[C@@H]1C[C@@H](N(C)C)CN1C(=O)[C@@]12CC[C@@](C)(OC1=O)C2(C)C. The normalized spacial score (nSPS) is 39.0. The third-order valence-corrected chi connectivity index (χ3v) is 7.14. The number of methoxy groups -OCH3 is 1. The van der Waals surface area contributed by atoms with Crippen molar-refractivity contribution in [2.24, 2.45) is 10.8 Å². The van der Waals surface area contributed by atoms with Gasteiger partial charge in [-0.15, -0.1) is 0 Å². The standard InChI is InChI=1S/C18H28N2O5/c1-16(2)17(3)7-8-18(16,15(23)25-17)14(22)20-10-11(19(4)5)9-12(20)13(21)24-6/h11-12H,7-10H2,1-6H3/t11-,12+,17-,18+/m1/s1. The summed E-state index contributed by atoms with van der Waals surface area (Å²) in [5.74, 6) is -1.17. The lowest BCUT2D eigenvalue weighted by atomic mass is 9.65. The van der Waals surface area contributed by atoms with Crippen molar-refractivity contribution in [1.29, 1.82) is 0 Å². The fourth-order valence-electron chi connectivity index (χ4n) is 4.81. The van der Waals surface area contributed by atoms with E-state index in [9.17, 15) is 14.4 Å². The Labute approximate surface area is 148 Å². The van der Waals surface area contributed by atoms with Crippen LogP contribution < -0.4 is 0 Å². The van der Waals surface area contributed by atoms with Gasteiger partial charge in [-0.25, -0.2) is 4.79 Å². The highest BCUT2D eigenvalue weighted by molar-refractivity contribution is 6.07. The lowest BCUT2D eigenvalue weighted by Crippen LogP contribution is -2.55. The van der Waals surface area contributed by atoms with Gasteiger partial charge in [-0.3, -0.25) is 9.59 Å². The summed E-state index contributed by atoms with van der Waals surface area (Å²) in [6.45, 7) is 6.16. The van der Waals surface area contributed by atoms with Crippen LogP contribution in [0.4, 0.5) is 0 Å². The molecule has 2 saturated heterocycles. The molecule has 1 amide bonds. The fourth-order valence-corrected chi connectivity index (χ4v) is 4.81. The topological polar surface area (TPSA) is 76.2 Å². The molecular formula is C18H28N2O5. The minimum atomic E-state index is -1.21. The number of nitrogens with zero attached hydrogens (tertiary/aromatic N) is 2. The van der Waals surface area contributed by atoms with Gasteiger partial charge in [0.05, 0.1) is 7.11 Å². The maximum absolute atomic E-state index is 13.6. The Bertz CT molecular complexity index is 631. The summed E-state index contributed by atoms with van der Waals surface area (Å²) in [6.07, 6.45) is 1.63. The van der Waals surface area contributed by atoms with E-state index in [-0.39, 0.29) is 11.9 Å². The van der Waals surface area contributed by atoms with Gasteiger partial charge in [0.25, 0.3) is 0 Å². The number of likely N-dealkylation sites (N-methyl/N-ethyl adjacent to an activating group) is 1. The summed E-state index contributed by atoms with van der Waals surface area (Å²) in [4.78, 5) is 42.2. The number of ether oxygens (including phenoxy) is 2. The van der Waals surface area contributed by atoms with Crippen LogP contribution in [0.15, 0.2) is 0 Å². The summed E-state index contributed by atoms with van der Waals surface area (Å²) in [5, 5.41) is 0. The average molecular weight is 352 g/mol. The van der Waals surface area contributed by atoms with Gasteiger partial charge in [-0.1, -0.05) is 13.8 Å². The van der Waals surface area contributed by atoms with Gasteiger partial charge in [0.2, 0.25) is 5.91 Å². The van der Waals surface area contributed by atoms with Crippen LogP contribution in [0, 0.1) is 10.8 Å². The first kappa shape index (κ1) is 18.2. The van der Waals surface area contributed by atoms with E-state index < -0.39 is 34.4 Å². The van der Waals surface area contributed by atoms with Crippen molar-refractivity contribution in [3.8, 4) is 0 Å². The number of fused-ring (bicyclic) bond motifs is 2. The number of rotatable bonds is 3. The Morgan fingerprint density at radius 3 is 2.32 bits per heavy atom. The molecular weight excluding hydrogens is 324 g/mol. The Morgan fingerprint density at radius 1 is 1.24 bits per heavy atom. The number of esters is 2. The highest BCUT2D eigenvalue weighted by Crippen LogP contribution is 2.66. The van der Waals surface area contributed by atoms with Crippen LogP contribution in [-0.2, 0) is 23.9 Å². The van der Waals surface area contributed by atoms with Crippen LogP contribution in [0.3, 0.4) is 0 Å². The van der Waals surface area contributed by atoms with Gasteiger partial charge in [-0.05, 0) is 40.3 Å². The van der Waals surface area contributed by atoms with E-state index >= 15 is 0 Å². The van der Waals surface area contributed by atoms with E-state index in [1.54, 1.807) is 4.90 Å². The largest absolute Gasteiger partial charge is 0.467 e. The monoisotopic (exact) mass is 352 g/mol. The highest BCUT2D eigenvalue weighted by atomic mass is 16.6. The smallest absolute Gasteiger partial charge is 0.328 e. The van der Waals surface area contributed by atoms with Gasteiger partial charge >= 0.3 is 11.9 Å². The van der Waals surface area contributed by atoms with Crippen molar-refractivity contribution >= 4 is 17.8 Å². The van der Waals surface area contributed by atoms with Crippen LogP contribution >= 0.6 is 0 Å². The molecule has 0 spiro atoms. The first-order chi connectivity index (χ1) is 11.5. The number of hydrogen-bond acceptors (Lipinski definition) is 6. The lowest BCUT2D eigenvalue weighted by molar-refractivity contribution is -0.168. The molecule has 3 aliphatic rings. The molecule has 7 heteroatoms. The molecule has 2 heterocycles. The van der Waals surface area contributed by atoms with Crippen molar-refractivity contribution in [3.63, 3.8) is 0 Å². The molecule has 140 valence electrons. The number of carbonyl (C=O) groups excluding carboxylic acids is 3. The summed E-state index contributed by atoms with van der Waals surface area (Å²) < 4.78 is 10.5. The molecule has 0 N–H and O–H groups in total.